The van der Waals surface area contributed by atoms with Crippen LogP contribution in [0.5, 0.6) is 0 Å². The molecule has 0 atom stereocenters. The van der Waals surface area contributed by atoms with Gasteiger partial charge in [0.25, 0.3) is 5.91 Å². The molecule has 0 radical (unpaired) electrons. The van der Waals surface area contributed by atoms with Gasteiger partial charge in [0.15, 0.2) is 0 Å². The van der Waals surface area contributed by atoms with Gasteiger partial charge in [-0.05, 0) is 43.5 Å². The lowest BCUT2D eigenvalue weighted by Gasteiger charge is -2.20. The van der Waals surface area contributed by atoms with Crippen LogP contribution < -0.4 is 5.32 Å². The molecule has 6 nitrogen and oxygen atoms in total. The molecule has 27 heavy (non-hydrogen) atoms. The number of nitrogens with one attached hydrogen (secondary N) is 1. The lowest BCUT2D eigenvalue weighted by molar-refractivity contribution is 0.0778. The van der Waals surface area contributed by atoms with Crippen molar-refractivity contribution in [1.82, 2.24) is 25.0 Å². The van der Waals surface area contributed by atoms with Crippen LogP contribution in [0.4, 0.5) is 0 Å². The number of pyridine rings is 1. The Kier molecular flexibility index (Phi) is 4.90. The lowest BCUT2D eigenvalue weighted by Crippen LogP contribution is -2.28. The highest BCUT2D eigenvalue weighted by Crippen LogP contribution is 2.25. The molecule has 1 aliphatic heterocycles. The maximum atomic E-state index is 13.0. The zero-order valence-corrected chi connectivity index (χ0v) is 15.9. The van der Waals surface area contributed by atoms with Crippen LogP contribution in [0, 0.1) is 0 Å². The van der Waals surface area contributed by atoms with E-state index in [9.17, 15) is 4.79 Å². The Morgan fingerprint density at radius 1 is 1.26 bits per heavy atom. The molecule has 1 amide bonds. The first-order valence-electron chi connectivity index (χ1n) is 9.46. The summed E-state index contributed by atoms with van der Waals surface area (Å²) in [4.78, 5) is 19.1. The number of hydrogen-bond acceptors (Lipinski definition) is 4. The number of nitrogens with zero attached hydrogens (tertiary/aromatic N) is 4. The van der Waals surface area contributed by atoms with Crippen molar-refractivity contribution < 1.29 is 4.79 Å². The van der Waals surface area contributed by atoms with Crippen LogP contribution in [0.1, 0.15) is 40.6 Å². The second-order valence-corrected chi connectivity index (χ2v) is 7.25. The van der Waals surface area contributed by atoms with Crippen molar-refractivity contribution in [2.45, 2.75) is 25.3 Å². The van der Waals surface area contributed by atoms with Crippen molar-refractivity contribution in [1.29, 1.82) is 0 Å². The molecule has 6 heteroatoms. The standard InChI is InChI=1S/C21H25N5O/c1-25(21(27)20-18-6-4-3-5-15(18)9-12-23-20)14-17-13-19(24-26(17)2)16-7-10-22-11-8-16/h3-6,9,12-13,16,22H,7-8,10-11,14H2,1-2H3. The monoisotopic (exact) mass is 363 g/mol. The Hall–Kier alpha value is -2.73. The van der Waals surface area contributed by atoms with Gasteiger partial charge in [0.05, 0.1) is 17.9 Å². The molecule has 2 aromatic heterocycles. The number of aromatic nitrogens is 3. The molecule has 3 heterocycles. The van der Waals surface area contributed by atoms with Gasteiger partial charge >= 0.3 is 0 Å². The van der Waals surface area contributed by atoms with Gasteiger partial charge in [-0.25, -0.2) is 0 Å². The minimum Gasteiger partial charge on any atom is -0.334 e. The van der Waals surface area contributed by atoms with Crippen molar-refractivity contribution in [3.8, 4) is 0 Å². The first kappa shape index (κ1) is 17.7. The topological polar surface area (TPSA) is 63.1 Å². The average Bonchev–Trinajstić information content (AvgIpc) is 3.08. The highest BCUT2D eigenvalue weighted by Gasteiger charge is 2.21. The van der Waals surface area contributed by atoms with Crippen LogP contribution in [-0.2, 0) is 13.6 Å². The number of hydrogen-bond donors (Lipinski definition) is 1. The van der Waals surface area contributed by atoms with Crippen LogP contribution in [0.15, 0.2) is 42.6 Å². The maximum Gasteiger partial charge on any atom is 0.273 e. The van der Waals surface area contributed by atoms with Crippen molar-refractivity contribution in [3.63, 3.8) is 0 Å². The largest absolute Gasteiger partial charge is 0.334 e. The summed E-state index contributed by atoms with van der Waals surface area (Å²) in [7, 11) is 3.78. The summed E-state index contributed by atoms with van der Waals surface area (Å²) in [6.07, 6.45) is 3.93. The first-order chi connectivity index (χ1) is 13.1. The third-order valence-electron chi connectivity index (χ3n) is 5.38. The molecule has 1 N–H and O–H groups in total. The predicted molar refractivity (Wildman–Crippen MR) is 106 cm³/mol. The molecule has 0 saturated carbocycles. The van der Waals surface area contributed by atoms with Crippen molar-refractivity contribution >= 4 is 16.7 Å². The Bertz CT molecular complexity index is 953. The molecule has 3 aromatic rings. The molecule has 140 valence electrons. The molecule has 0 spiro atoms. The second-order valence-electron chi connectivity index (χ2n) is 7.25. The molecule has 1 aliphatic rings. The van der Waals surface area contributed by atoms with E-state index in [-0.39, 0.29) is 5.91 Å². The maximum absolute atomic E-state index is 13.0. The van der Waals surface area contributed by atoms with Gasteiger partial charge in [-0.3, -0.25) is 14.5 Å². The van der Waals surface area contributed by atoms with E-state index in [0.29, 0.717) is 18.2 Å². The third-order valence-corrected chi connectivity index (χ3v) is 5.38. The zero-order chi connectivity index (χ0) is 18.8. The van der Waals surface area contributed by atoms with Crippen LogP contribution in [0.25, 0.3) is 10.8 Å². The molecule has 0 bridgehead atoms. The zero-order valence-electron chi connectivity index (χ0n) is 15.9. The van der Waals surface area contributed by atoms with Crippen LogP contribution in [-0.4, -0.2) is 45.7 Å². The summed E-state index contributed by atoms with van der Waals surface area (Å²) < 4.78 is 1.90. The lowest BCUT2D eigenvalue weighted by atomic mass is 9.94. The SMILES string of the molecule is CN(Cc1cc(C2CCNCC2)nn1C)C(=O)c1nccc2ccccc12. The molecule has 1 saturated heterocycles. The fourth-order valence-corrected chi connectivity index (χ4v) is 3.78. The average molecular weight is 363 g/mol. The number of carbonyl (C=O) groups excluding carboxylic acids is 1. The summed E-state index contributed by atoms with van der Waals surface area (Å²) >= 11 is 0. The fraction of sp³-hybridized carbons (Fsp3) is 0.381. The van der Waals surface area contributed by atoms with Crippen LogP contribution >= 0.6 is 0 Å². The molecular weight excluding hydrogens is 338 g/mol. The second kappa shape index (κ2) is 7.48. The number of amides is 1. The van der Waals surface area contributed by atoms with E-state index >= 15 is 0 Å². The van der Waals surface area contributed by atoms with Gasteiger partial charge < -0.3 is 10.2 Å². The van der Waals surface area contributed by atoms with E-state index in [1.165, 1.54) is 0 Å². The van der Waals surface area contributed by atoms with E-state index in [2.05, 4.69) is 16.4 Å². The van der Waals surface area contributed by atoms with E-state index in [0.717, 1.165) is 48.1 Å². The summed E-state index contributed by atoms with van der Waals surface area (Å²) in [6.45, 7) is 2.60. The summed E-state index contributed by atoms with van der Waals surface area (Å²) in [5, 5.41) is 10.0. The number of fused-ring (bicyclic) bond motifs is 1. The van der Waals surface area contributed by atoms with E-state index in [1.807, 2.05) is 49.1 Å². The number of benzene rings is 1. The Balaban J connectivity index is 1.54. The number of rotatable bonds is 4. The summed E-state index contributed by atoms with van der Waals surface area (Å²) in [6, 6.07) is 11.9. The van der Waals surface area contributed by atoms with E-state index in [1.54, 1.807) is 11.1 Å². The van der Waals surface area contributed by atoms with Gasteiger partial charge in [-0.1, -0.05) is 24.3 Å². The highest BCUT2D eigenvalue weighted by molar-refractivity contribution is 6.04. The van der Waals surface area contributed by atoms with E-state index in [4.69, 9.17) is 5.10 Å². The van der Waals surface area contributed by atoms with Gasteiger partial charge in [-0.15, -0.1) is 0 Å². The van der Waals surface area contributed by atoms with E-state index < -0.39 is 0 Å². The predicted octanol–water partition coefficient (Wildman–Crippen LogP) is 2.71. The normalized spacial score (nSPS) is 15.2. The Morgan fingerprint density at radius 3 is 2.85 bits per heavy atom. The minimum absolute atomic E-state index is 0.0728. The van der Waals surface area contributed by atoms with Crippen LogP contribution in [0.3, 0.4) is 0 Å². The Labute approximate surface area is 159 Å². The molecular formula is C21H25N5O. The number of carbonyl (C=O) groups is 1. The molecule has 1 fully saturated rings. The minimum atomic E-state index is -0.0728. The third kappa shape index (κ3) is 3.57. The van der Waals surface area contributed by atoms with Gasteiger partial charge in [0, 0.05) is 31.6 Å². The van der Waals surface area contributed by atoms with Crippen molar-refractivity contribution in [2.75, 3.05) is 20.1 Å². The molecule has 1 aromatic carbocycles. The van der Waals surface area contributed by atoms with Crippen molar-refractivity contribution in [2.24, 2.45) is 7.05 Å². The quantitative estimate of drug-likeness (QED) is 0.774. The number of piperidine rings is 1. The Morgan fingerprint density at radius 2 is 2.04 bits per heavy atom. The van der Waals surface area contributed by atoms with Crippen molar-refractivity contribution in [3.05, 3.63) is 59.7 Å². The first-order valence-corrected chi connectivity index (χ1v) is 9.46. The van der Waals surface area contributed by atoms with Gasteiger partial charge in [-0.2, -0.15) is 5.10 Å². The summed E-state index contributed by atoms with van der Waals surface area (Å²) in [5.41, 5.74) is 2.68. The fourth-order valence-electron chi connectivity index (χ4n) is 3.78. The molecule has 0 aliphatic carbocycles. The smallest absolute Gasteiger partial charge is 0.273 e. The molecule has 4 rings (SSSR count). The van der Waals surface area contributed by atoms with Gasteiger partial charge in [0.1, 0.15) is 5.69 Å². The number of aryl methyl sites for hydroxylation is 1. The summed E-state index contributed by atoms with van der Waals surface area (Å²) in [5.74, 6) is 0.434. The van der Waals surface area contributed by atoms with Gasteiger partial charge in [0.2, 0.25) is 0 Å². The molecule has 0 unspecified atom stereocenters. The van der Waals surface area contributed by atoms with Crippen LogP contribution in [0.2, 0.25) is 0 Å². The highest BCUT2D eigenvalue weighted by atomic mass is 16.2.